The monoisotopic (exact) mass is 212 g/mol. The SMILES string of the molecule is CO.COCC1CO1.ClCC1CO1. The van der Waals surface area contributed by atoms with E-state index in [1.54, 1.807) is 7.11 Å². The lowest BCUT2D eigenvalue weighted by molar-refractivity contribution is 0.171. The molecule has 0 aromatic carbocycles. The molecule has 0 aromatic rings. The van der Waals surface area contributed by atoms with Crippen LogP contribution in [0.4, 0.5) is 0 Å². The minimum absolute atomic E-state index is 0.400. The van der Waals surface area contributed by atoms with Crippen LogP contribution in [0.25, 0.3) is 0 Å². The van der Waals surface area contributed by atoms with Crippen molar-refractivity contribution in [3.05, 3.63) is 0 Å². The molecule has 5 heteroatoms. The van der Waals surface area contributed by atoms with E-state index in [2.05, 4.69) is 0 Å². The van der Waals surface area contributed by atoms with Gasteiger partial charge in [-0.3, -0.25) is 0 Å². The fraction of sp³-hybridized carbons (Fsp3) is 1.00. The van der Waals surface area contributed by atoms with Crippen LogP contribution in [0.1, 0.15) is 0 Å². The molecule has 2 saturated heterocycles. The van der Waals surface area contributed by atoms with Crippen LogP contribution < -0.4 is 0 Å². The zero-order valence-corrected chi connectivity index (χ0v) is 8.79. The van der Waals surface area contributed by atoms with Gasteiger partial charge in [-0.05, 0) is 0 Å². The van der Waals surface area contributed by atoms with E-state index in [4.69, 9.17) is 30.9 Å². The first-order valence-corrected chi connectivity index (χ1v) is 4.63. The Labute approximate surface area is 83.7 Å². The third kappa shape index (κ3) is 10.0. The van der Waals surface area contributed by atoms with Crippen LogP contribution in [-0.4, -0.2) is 57.2 Å². The van der Waals surface area contributed by atoms with E-state index in [9.17, 15) is 0 Å². The van der Waals surface area contributed by atoms with E-state index >= 15 is 0 Å². The van der Waals surface area contributed by atoms with Gasteiger partial charge in [0.1, 0.15) is 6.10 Å². The van der Waals surface area contributed by atoms with Gasteiger partial charge in [-0.1, -0.05) is 0 Å². The van der Waals surface area contributed by atoms with Gasteiger partial charge in [-0.15, -0.1) is 11.6 Å². The van der Waals surface area contributed by atoms with E-state index in [0.717, 1.165) is 26.9 Å². The summed E-state index contributed by atoms with van der Waals surface area (Å²) in [6, 6.07) is 0. The Morgan fingerprint density at radius 1 is 1.31 bits per heavy atom. The largest absolute Gasteiger partial charge is 0.400 e. The molecule has 2 aliphatic rings. The summed E-state index contributed by atoms with van der Waals surface area (Å²) in [4.78, 5) is 0. The fourth-order valence-electron chi connectivity index (χ4n) is 0.507. The average Bonchev–Trinajstić information content (AvgIpc) is 3.05. The minimum atomic E-state index is 0.400. The lowest BCUT2D eigenvalue weighted by Gasteiger charge is -1.84. The molecule has 4 nitrogen and oxygen atoms in total. The van der Waals surface area contributed by atoms with Crippen molar-refractivity contribution in [2.45, 2.75) is 12.2 Å². The minimum Gasteiger partial charge on any atom is -0.400 e. The van der Waals surface area contributed by atoms with Crippen molar-refractivity contribution in [2.24, 2.45) is 0 Å². The molecule has 0 radical (unpaired) electrons. The van der Waals surface area contributed by atoms with Crippen LogP contribution in [0.5, 0.6) is 0 Å². The first-order valence-electron chi connectivity index (χ1n) is 4.09. The van der Waals surface area contributed by atoms with E-state index in [0.29, 0.717) is 18.1 Å². The summed E-state index contributed by atoms with van der Waals surface area (Å²) in [5.41, 5.74) is 0. The van der Waals surface area contributed by atoms with Gasteiger partial charge in [0.2, 0.25) is 0 Å². The summed E-state index contributed by atoms with van der Waals surface area (Å²) in [6.07, 6.45) is 0.826. The van der Waals surface area contributed by atoms with Gasteiger partial charge >= 0.3 is 0 Å². The van der Waals surface area contributed by atoms with Crippen molar-refractivity contribution in [1.29, 1.82) is 0 Å². The number of methoxy groups -OCH3 is 1. The van der Waals surface area contributed by atoms with Crippen molar-refractivity contribution in [3.8, 4) is 0 Å². The van der Waals surface area contributed by atoms with Crippen molar-refractivity contribution < 1.29 is 19.3 Å². The van der Waals surface area contributed by atoms with Gasteiger partial charge in [0.05, 0.1) is 31.8 Å². The molecule has 2 fully saturated rings. The Balaban J connectivity index is 0.000000189. The van der Waals surface area contributed by atoms with Gasteiger partial charge in [0.15, 0.2) is 0 Å². The van der Waals surface area contributed by atoms with E-state index in [1.165, 1.54) is 0 Å². The molecule has 2 unspecified atom stereocenters. The molecule has 0 aliphatic carbocycles. The molecule has 80 valence electrons. The number of aliphatic hydroxyl groups excluding tert-OH is 1. The maximum atomic E-state index is 7.00. The molecule has 1 N–H and O–H groups in total. The molecule has 0 bridgehead atoms. The number of alkyl halides is 1. The van der Waals surface area contributed by atoms with Crippen molar-refractivity contribution >= 4 is 11.6 Å². The van der Waals surface area contributed by atoms with Gasteiger partial charge in [-0.25, -0.2) is 0 Å². The van der Waals surface area contributed by atoms with Gasteiger partial charge in [0, 0.05) is 14.2 Å². The fourth-order valence-corrected chi connectivity index (χ4v) is 0.685. The molecule has 0 saturated carbocycles. The Morgan fingerprint density at radius 3 is 1.85 bits per heavy atom. The predicted molar refractivity (Wildman–Crippen MR) is 50.2 cm³/mol. The second kappa shape index (κ2) is 8.72. The number of hydrogen-bond acceptors (Lipinski definition) is 4. The summed E-state index contributed by atoms with van der Waals surface area (Å²) in [5.74, 6) is 0.667. The van der Waals surface area contributed by atoms with E-state index in [1.807, 2.05) is 0 Å². The first kappa shape index (κ1) is 13.1. The zero-order valence-electron chi connectivity index (χ0n) is 8.03. The molecular weight excluding hydrogens is 196 g/mol. The standard InChI is InChI=1S/C4H8O2.C3H5ClO.CH4O/c1-5-2-4-3-6-4;4-1-3-2-5-3;1-2/h4H,2-3H2,1H3;3H,1-2H2;2H,1H3. The highest BCUT2D eigenvalue weighted by molar-refractivity contribution is 6.18. The van der Waals surface area contributed by atoms with Crippen LogP contribution in [0.3, 0.4) is 0 Å². The normalized spacial score (nSPS) is 27.7. The van der Waals surface area contributed by atoms with Crippen LogP contribution >= 0.6 is 11.6 Å². The average molecular weight is 213 g/mol. The van der Waals surface area contributed by atoms with E-state index in [-0.39, 0.29) is 0 Å². The number of epoxide rings is 2. The number of rotatable bonds is 3. The molecule has 2 atom stereocenters. The Bertz CT molecular complexity index is 104. The van der Waals surface area contributed by atoms with Gasteiger partial charge < -0.3 is 19.3 Å². The smallest absolute Gasteiger partial charge is 0.104 e. The van der Waals surface area contributed by atoms with Gasteiger partial charge in [-0.2, -0.15) is 0 Å². The number of ether oxygens (including phenoxy) is 3. The van der Waals surface area contributed by atoms with Crippen LogP contribution in [0, 0.1) is 0 Å². The number of halogens is 1. The lowest BCUT2D eigenvalue weighted by Crippen LogP contribution is -1.94. The quantitative estimate of drug-likeness (QED) is 0.539. The highest BCUT2D eigenvalue weighted by Gasteiger charge is 2.21. The lowest BCUT2D eigenvalue weighted by atomic mass is 10.5. The van der Waals surface area contributed by atoms with Crippen molar-refractivity contribution in [1.82, 2.24) is 0 Å². The molecular formula is C8H17ClO4. The van der Waals surface area contributed by atoms with Crippen molar-refractivity contribution in [3.63, 3.8) is 0 Å². The molecule has 2 aliphatic heterocycles. The second-order valence-electron chi connectivity index (χ2n) is 2.52. The van der Waals surface area contributed by atoms with Gasteiger partial charge in [0.25, 0.3) is 0 Å². The highest BCUT2D eigenvalue weighted by atomic mass is 35.5. The third-order valence-corrected chi connectivity index (χ3v) is 1.67. The number of aliphatic hydroxyl groups is 1. The predicted octanol–water partition coefficient (Wildman–Crippen LogP) is 0.264. The van der Waals surface area contributed by atoms with Crippen LogP contribution in [-0.2, 0) is 14.2 Å². The summed E-state index contributed by atoms with van der Waals surface area (Å²) in [6.45, 7) is 2.54. The van der Waals surface area contributed by atoms with E-state index < -0.39 is 0 Å². The highest BCUT2D eigenvalue weighted by Crippen LogP contribution is 2.08. The molecule has 0 aromatic heterocycles. The molecule has 2 rings (SSSR count). The summed E-state index contributed by atoms with van der Waals surface area (Å²) >= 11 is 5.27. The third-order valence-electron chi connectivity index (χ3n) is 1.33. The first-order chi connectivity index (χ1) is 6.36. The molecule has 0 spiro atoms. The van der Waals surface area contributed by atoms with Crippen LogP contribution in [0.15, 0.2) is 0 Å². The Morgan fingerprint density at radius 2 is 1.77 bits per heavy atom. The topological polar surface area (TPSA) is 54.5 Å². The number of hydrogen-bond donors (Lipinski definition) is 1. The molecule has 13 heavy (non-hydrogen) atoms. The zero-order chi connectivity index (χ0) is 10.1. The summed E-state index contributed by atoms with van der Waals surface area (Å²) < 4.78 is 14.3. The Kier molecular flexibility index (Phi) is 8.80. The molecule has 2 heterocycles. The molecule has 0 amide bonds. The maximum absolute atomic E-state index is 7.00. The summed E-state index contributed by atoms with van der Waals surface area (Å²) in [7, 11) is 2.68. The van der Waals surface area contributed by atoms with Crippen molar-refractivity contribution in [2.75, 3.05) is 39.9 Å². The van der Waals surface area contributed by atoms with Crippen LogP contribution in [0.2, 0.25) is 0 Å². The Hall–Kier alpha value is 0.130. The second-order valence-corrected chi connectivity index (χ2v) is 2.83. The summed E-state index contributed by atoms with van der Waals surface area (Å²) in [5, 5.41) is 7.00. The maximum Gasteiger partial charge on any atom is 0.104 e.